The monoisotopic (exact) mass is 1550 g/mol. The van der Waals surface area contributed by atoms with Crippen molar-refractivity contribution in [3.63, 3.8) is 0 Å². The van der Waals surface area contributed by atoms with E-state index >= 15 is 0 Å². The normalized spacial score (nSPS) is 11.3. The molecule has 3 heterocycles. The van der Waals surface area contributed by atoms with Gasteiger partial charge in [-0.2, -0.15) is 18.2 Å². The second-order valence-electron chi connectivity index (χ2n) is 24.9. The van der Waals surface area contributed by atoms with E-state index in [2.05, 4.69) is 15.0 Å². The zero-order valence-corrected chi connectivity index (χ0v) is 64.4. The van der Waals surface area contributed by atoms with Crippen LogP contribution in [0, 0.1) is 11.3 Å². The predicted molar refractivity (Wildman–Crippen MR) is 424 cm³/mol. The Morgan fingerprint density at radius 1 is 0.336 bits per heavy atom. The van der Waals surface area contributed by atoms with Gasteiger partial charge in [0, 0.05) is 76.4 Å². The van der Waals surface area contributed by atoms with Crippen molar-refractivity contribution < 1.29 is 58.4 Å². The number of hydrogen-bond donors (Lipinski definition) is 0. The lowest BCUT2D eigenvalue weighted by Gasteiger charge is -2.23. The molecule has 110 heavy (non-hydrogen) atoms. The van der Waals surface area contributed by atoms with E-state index < -0.39 is 30.1 Å². The minimum Gasteiger partial charge on any atom is -0.497 e. The van der Waals surface area contributed by atoms with Crippen LogP contribution in [0.4, 0.5) is 0 Å². The largest absolute Gasteiger partial charge is 0.497 e. The highest BCUT2D eigenvalue weighted by atomic mass is 35.5. The van der Waals surface area contributed by atoms with Gasteiger partial charge in [0.25, 0.3) is 0 Å². The third-order valence-electron chi connectivity index (χ3n) is 17.4. The average Bonchev–Trinajstić information content (AvgIpc) is 0.801. The highest BCUT2D eigenvalue weighted by Crippen LogP contribution is 2.35. The third kappa shape index (κ3) is 23.3. The standard InChI is InChI=1S/C29H27N3O4S.C29H30N2O5S.C28H27ClN2O4S/c1-35-29-19-26(9-12-28(29)36-22-25-5-3-2-4-6-25)21-32(18-15-23-13-16-31-17-14-23)37(33,34)27-10-7-24(20-30)8-11-27;1-34-26-9-11-27(12-10-26)37(32,33)31(19-16-23-14-17-30-18-15-23)21-25-8-13-28(29(20-25)35-2)36-22-24-6-4-3-5-7-24;1-34-27-19-24(11-12-26(27)35-21-23-7-3-2-4-8-23)20-31(18-15-22-13-16-30-17-14-22)36(32,33)28-10-6-5-9-25(28)29/h2-14,16-17,19H,15,18,21-22H2,1H3;3-15,17-18,20H,16,19,21-22H2,1-2H3;2-14,16-17,19H,15,18,20-21H2,1H3. The molecule has 566 valence electrons. The summed E-state index contributed by atoms with van der Waals surface area (Å²) >= 11 is 6.28. The van der Waals surface area contributed by atoms with Gasteiger partial charge in [-0.1, -0.05) is 133 Å². The minimum absolute atomic E-state index is 0.0798. The summed E-state index contributed by atoms with van der Waals surface area (Å²) in [5, 5.41) is 9.27. The molecule has 0 amide bonds. The zero-order chi connectivity index (χ0) is 77.6. The van der Waals surface area contributed by atoms with Crippen molar-refractivity contribution in [2.75, 3.05) is 48.1 Å². The molecular formula is C86H84ClN7O13S3. The maximum Gasteiger partial charge on any atom is 0.244 e. The second-order valence-corrected chi connectivity index (χ2v) is 31.0. The molecule has 0 aliphatic carbocycles. The van der Waals surface area contributed by atoms with Gasteiger partial charge < -0.3 is 33.2 Å². The van der Waals surface area contributed by atoms with Crippen LogP contribution in [0.1, 0.15) is 55.6 Å². The molecule has 24 heteroatoms. The molecule has 0 fully saturated rings. The molecule has 0 bridgehead atoms. The van der Waals surface area contributed by atoms with Crippen LogP contribution in [0.3, 0.4) is 0 Å². The van der Waals surface area contributed by atoms with Crippen molar-refractivity contribution in [3.8, 4) is 46.3 Å². The van der Waals surface area contributed by atoms with E-state index in [0.717, 1.165) is 50.1 Å². The molecule has 0 atom stereocenters. The molecule has 12 rings (SSSR count). The Morgan fingerprint density at radius 3 is 0.973 bits per heavy atom. The van der Waals surface area contributed by atoms with Gasteiger partial charge >= 0.3 is 0 Å². The Hall–Kier alpha value is -11.5. The first kappa shape index (κ1) is 81.1. The van der Waals surface area contributed by atoms with E-state index in [1.165, 1.54) is 43.2 Å². The summed E-state index contributed by atoms with van der Waals surface area (Å²) in [6.45, 7) is 2.49. The highest BCUT2D eigenvalue weighted by Gasteiger charge is 2.30. The average molecular weight is 1560 g/mol. The third-order valence-corrected chi connectivity index (χ3v) is 23.5. The minimum atomic E-state index is -3.86. The summed E-state index contributed by atoms with van der Waals surface area (Å²) < 4.78 is 126. The van der Waals surface area contributed by atoms with Crippen LogP contribution in [-0.4, -0.2) is 101 Å². The molecule has 0 spiro atoms. The van der Waals surface area contributed by atoms with Crippen LogP contribution < -0.4 is 33.2 Å². The maximum atomic E-state index is 13.7. The second kappa shape index (κ2) is 40.7. The molecular weight excluding hydrogens is 1470 g/mol. The first-order valence-corrected chi connectivity index (χ1v) is 39.7. The van der Waals surface area contributed by atoms with E-state index in [9.17, 15) is 25.3 Å². The van der Waals surface area contributed by atoms with E-state index in [1.54, 1.807) is 126 Å². The van der Waals surface area contributed by atoms with Crippen LogP contribution in [0.5, 0.6) is 40.2 Å². The van der Waals surface area contributed by atoms with Gasteiger partial charge in [-0.15, -0.1) is 0 Å². The lowest BCUT2D eigenvalue weighted by atomic mass is 10.1. The SMILES string of the molecule is COc1cc(CN(CCc2ccncc2)S(=O)(=O)c2ccc(C#N)cc2)ccc1OCc1ccccc1.COc1cc(CN(CCc2ccncc2)S(=O)(=O)c2ccccc2Cl)ccc1OCc1ccccc1.COc1ccc(S(=O)(=O)N(CCc2ccncc2)Cc2ccc(OCc3ccccc3)c(OC)c2)cc1. The van der Waals surface area contributed by atoms with Gasteiger partial charge in [0.15, 0.2) is 34.5 Å². The van der Waals surface area contributed by atoms with E-state index in [1.807, 2.05) is 170 Å². The molecule has 0 unspecified atom stereocenters. The Kier molecular flexibility index (Phi) is 30.0. The number of sulfonamides is 3. The molecule has 3 aromatic heterocycles. The van der Waals surface area contributed by atoms with E-state index in [-0.39, 0.29) is 52.4 Å². The van der Waals surface area contributed by atoms with Gasteiger partial charge in [0.2, 0.25) is 30.1 Å². The van der Waals surface area contributed by atoms with Gasteiger partial charge in [0.1, 0.15) is 30.5 Å². The molecule has 0 N–H and O–H groups in total. The number of hydrogen-bond acceptors (Lipinski definition) is 17. The van der Waals surface area contributed by atoms with Crippen LogP contribution >= 0.6 is 11.6 Å². The van der Waals surface area contributed by atoms with Crippen molar-refractivity contribution in [3.05, 3.63) is 353 Å². The number of ether oxygens (including phenoxy) is 7. The van der Waals surface area contributed by atoms with Crippen molar-refractivity contribution in [2.45, 2.75) is 73.4 Å². The summed E-state index contributed by atoms with van der Waals surface area (Å²) in [4.78, 5) is 12.5. The number of nitrogens with zero attached hydrogens (tertiary/aromatic N) is 7. The van der Waals surface area contributed by atoms with Gasteiger partial charge in [0.05, 0.1) is 54.9 Å². The number of halogens is 1. The van der Waals surface area contributed by atoms with Crippen LogP contribution in [0.15, 0.2) is 307 Å². The fourth-order valence-corrected chi connectivity index (χ4v) is 16.2. The molecule has 0 aliphatic heterocycles. The zero-order valence-electron chi connectivity index (χ0n) is 61.2. The summed E-state index contributed by atoms with van der Waals surface area (Å²) in [7, 11) is -5.23. The lowest BCUT2D eigenvalue weighted by Crippen LogP contribution is -2.32. The van der Waals surface area contributed by atoms with E-state index in [0.29, 0.717) is 91.4 Å². The number of nitriles is 1. The van der Waals surface area contributed by atoms with Gasteiger partial charge in [-0.05, 0) is 203 Å². The van der Waals surface area contributed by atoms with Crippen LogP contribution in [0.25, 0.3) is 0 Å². The molecule has 9 aromatic carbocycles. The Balaban J connectivity index is 0.000000176. The Morgan fingerprint density at radius 2 is 0.655 bits per heavy atom. The first-order chi connectivity index (χ1) is 53.4. The molecule has 0 saturated carbocycles. The van der Waals surface area contributed by atoms with Crippen LogP contribution in [-0.2, 0) is 88.8 Å². The van der Waals surface area contributed by atoms with Gasteiger partial charge in [-0.3, -0.25) is 15.0 Å². The number of aromatic nitrogens is 3. The maximum absolute atomic E-state index is 13.7. The van der Waals surface area contributed by atoms with Crippen molar-refractivity contribution in [2.24, 2.45) is 0 Å². The summed E-state index contributed by atoms with van der Waals surface area (Å²) in [5.41, 5.74) is 8.81. The summed E-state index contributed by atoms with van der Waals surface area (Å²) in [6, 6.07) is 78.1. The molecule has 0 aliphatic rings. The topological polar surface area (TPSA) is 239 Å². The molecule has 0 saturated heterocycles. The van der Waals surface area contributed by atoms with E-state index in [4.69, 9.17) is 50.0 Å². The lowest BCUT2D eigenvalue weighted by molar-refractivity contribution is 0.284. The van der Waals surface area contributed by atoms with Crippen molar-refractivity contribution in [1.29, 1.82) is 5.26 Å². The fraction of sp³-hybridized carbons (Fsp3) is 0.186. The summed E-state index contributed by atoms with van der Waals surface area (Å²) in [6.07, 6.45) is 11.8. The Labute approximate surface area is 649 Å². The first-order valence-electron chi connectivity index (χ1n) is 35.0. The smallest absolute Gasteiger partial charge is 0.244 e. The number of pyridine rings is 3. The fourth-order valence-electron chi connectivity index (χ4n) is 11.4. The predicted octanol–water partition coefficient (Wildman–Crippen LogP) is 15.8. The highest BCUT2D eigenvalue weighted by molar-refractivity contribution is 7.89. The number of methoxy groups -OCH3 is 4. The number of rotatable bonds is 34. The van der Waals surface area contributed by atoms with Crippen molar-refractivity contribution >= 4 is 41.7 Å². The van der Waals surface area contributed by atoms with Gasteiger partial charge in [-0.25, -0.2) is 25.3 Å². The Bertz CT molecular complexity index is 5270. The number of benzene rings is 9. The molecule has 0 radical (unpaired) electrons. The summed E-state index contributed by atoms with van der Waals surface area (Å²) in [5.74, 6) is 3.96. The van der Waals surface area contributed by atoms with Crippen LogP contribution in [0.2, 0.25) is 5.02 Å². The molecule has 20 nitrogen and oxygen atoms in total. The van der Waals surface area contributed by atoms with Crippen molar-refractivity contribution in [1.82, 2.24) is 27.9 Å². The molecule has 12 aromatic rings. The quantitative estimate of drug-likeness (QED) is 0.0364.